The van der Waals surface area contributed by atoms with E-state index in [2.05, 4.69) is 60.6 Å². The van der Waals surface area contributed by atoms with E-state index in [1.807, 2.05) is 41.5 Å². The molecule has 0 unspecified atom stereocenters. The van der Waals surface area contributed by atoms with Crippen molar-refractivity contribution in [2.75, 3.05) is 0 Å². The Bertz CT molecular complexity index is 1080. The normalized spacial score (nSPS) is 13.4. The fourth-order valence-corrected chi connectivity index (χ4v) is 4.58. The number of carbonyl (C=O) groups is 1. The summed E-state index contributed by atoms with van der Waals surface area (Å²) in [4.78, 5) is 12.5. The third-order valence-electron chi connectivity index (χ3n) is 6.35. The van der Waals surface area contributed by atoms with Crippen LogP contribution in [0, 0.1) is 6.92 Å². The van der Waals surface area contributed by atoms with E-state index >= 15 is 0 Å². The Morgan fingerprint density at radius 2 is 1.15 bits per heavy atom. The predicted octanol–water partition coefficient (Wildman–Crippen LogP) is 8.26. The Labute approximate surface area is 201 Å². The Kier molecular flexibility index (Phi) is 6.68. The minimum atomic E-state index is -0.965. The standard InChI is InChI=1S/C30H44O3/c1-17-14-18(27(2,3)4)15-20(28(5,6)7)22(17)23-24(30(11,12)13)19(26(32)33)16-21(25(23)31)29(8,9)10/h14-16,31H,1-13H3,(H,32,33). The molecule has 0 heterocycles. The third-order valence-corrected chi connectivity index (χ3v) is 6.35. The molecule has 2 aromatic rings. The van der Waals surface area contributed by atoms with Gasteiger partial charge in [0.25, 0.3) is 0 Å². The zero-order valence-corrected chi connectivity index (χ0v) is 23.0. The summed E-state index contributed by atoms with van der Waals surface area (Å²) in [5.41, 5.74) is 5.48. The summed E-state index contributed by atoms with van der Waals surface area (Å²) in [6.45, 7) is 27.3. The monoisotopic (exact) mass is 452 g/mol. The van der Waals surface area contributed by atoms with Gasteiger partial charge in [-0.25, -0.2) is 4.79 Å². The molecule has 0 bridgehead atoms. The number of phenols is 1. The lowest BCUT2D eigenvalue weighted by atomic mass is 9.70. The lowest BCUT2D eigenvalue weighted by molar-refractivity contribution is 0.0694. The number of benzene rings is 2. The Morgan fingerprint density at radius 3 is 1.52 bits per heavy atom. The van der Waals surface area contributed by atoms with Crippen LogP contribution in [-0.2, 0) is 21.7 Å². The van der Waals surface area contributed by atoms with E-state index in [-0.39, 0.29) is 22.1 Å². The molecule has 2 rings (SSSR count). The van der Waals surface area contributed by atoms with E-state index in [4.69, 9.17) is 0 Å². The first-order chi connectivity index (χ1) is 14.6. The highest BCUT2D eigenvalue weighted by Crippen LogP contribution is 2.50. The number of carboxylic acid groups (broad SMARTS) is 1. The molecule has 2 N–H and O–H groups in total. The minimum Gasteiger partial charge on any atom is -0.507 e. The SMILES string of the molecule is Cc1cc(C(C)(C)C)cc(C(C)(C)C)c1-c1c(O)c(C(C)(C)C)cc(C(=O)O)c1C(C)(C)C. The van der Waals surface area contributed by atoms with Crippen LogP contribution in [0.4, 0.5) is 0 Å². The van der Waals surface area contributed by atoms with Crippen LogP contribution in [0.15, 0.2) is 18.2 Å². The first-order valence-corrected chi connectivity index (χ1v) is 11.9. The summed E-state index contributed by atoms with van der Waals surface area (Å²) in [6.07, 6.45) is 0. The molecule has 0 aliphatic carbocycles. The van der Waals surface area contributed by atoms with Crippen LogP contribution in [-0.4, -0.2) is 16.2 Å². The van der Waals surface area contributed by atoms with Gasteiger partial charge in [-0.2, -0.15) is 0 Å². The van der Waals surface area contributed by atoms with E-state index in [9.17, 15) is 15.0 Å². The van der Waals surface area contributed by atoms with Crippen molar-refractivity contribution < 1.29 is 15.0 Å². The maximum Gasteiger partial charge on any atom is 0.336 e. The molecule has 0 aliphatic heterocycles. The van der Waals surface area contributed by atoms with Crippen LogP contribution < -0.4 is 0 Å². The van der Waals surface area contributed by atoms with Gasteiger partial charge in [0, 0.05) is 11.1 Å². The molecule has 0 amide bonds. The molecule has 0 saturated heterocycles. The van der Waals surface area contributed by atoms with Gasteiger partial charge in [0.05, 0.1) is 5.56 Å². The number of hydrogen-bond acceptors (Lipinski definition) is 2. The fraction of sp³-hybridized carbons (Fsp3) is 0.567. The molecule has 0 spiro atoms. The average Bonchev–Trinajstić information content (AvgIpc) is 2.57. The summed E-state index contributed by atoms with van der Waals surface area (Å²) in [7, 11) is 0. The molecule has 33 heavy (non-hydrogen) atoms. The first kappa shape index (κ1) is 27.0. The van der Waals surface area contributed by atoms with Gasteiger partial charge in [-0.05, 0) is 62.5 Å². The molecule has 0 aliphatic rings. The maximum atomic E-state index is 12.5. The second-order valence-corrected chi connectivity index (χ2v) is 13.6. The van der Waals surface area contributed by atoms with Gasteiger partial charge in [-0.1, -0.05) is 95.2 Å². The van der Waals surface area contributed by atoms with Crippen LogP contribution in [0.5, 0.6) is 5.75 Å². The van der Waals surface area contributed by atoms with E-state index in [1.165, 1.54) is 5.56 Å². The summed E-state index contributed by atoms with van der Waals surface area (Å²) in [5, 5.41) is 22.0. The van der Waals surface area contributed by atoms with Crippen molar-refractivity contribution in [1.29, 1.82) is 0 Å². The minimum absolute atomic E-state index is 0.0301. The molecular formula is C30H44O3. The molecule has 3 heteroatoms. The molecular weight excluding hydrogens is 408 g/mol. The molecule has 0 fully saturated rings. The maximum absolute atomic E-state index is 12.5. The predicted molar refractivity (Wildman–Crippen MR) is 140 cm³/mol. The van der Waals surface area contributed by atoms with Crippen molar-refractivity contribution >= 4 is 5.97 Å². The molecule has 3 nitrogen and oxygen atoms in total. The summed E-state index contributed by atoms with van der Waals surface area (Å²) >= 11 is 0. The number of hydrogen-bond donors (Lipinski definition) is 2. The highest BCUT2D eigenvalue weighted by atomic mass is 16.4. The summed E-state index contributed by atoms with van der Waals surface area (Å²) in [5.74, 6) is -0.775. The van der Waals surface area contributed by atoms with E-state index in [0.717, 1.165) is 16.7 Å². The summed E-state index contributed by atoms with van der Waals surface area (Å²) in [6, 6.07) is 6.12. The smallest absolute Gasteiger partial charge is 0.336 e. The molecule has 2 aromatic carbocycles. The quantitative estimate of drug-likeness (QED) is 0.482. The van der Waals surface area contributed by atoms with Gasteiger partial charge in [-0.15, -0.1) is 0 Å². The first-order valence-electron chi connectivity index (χ1n) is 11.9. The Hall–Kier alpha value is -2.29. The zero-order chi connectivity index (χ0) is 25.9. The van der Waals surface area contributed by atoms with Gasteiger partial charge >= 0.3 is 5.97 Å². The van der Waals surface area contributed by atoms with Gasteiger partial charge in [0.15, 0.2) is 0 Å². The number of aromatic carboxylic acids is 1. The van der Waals surface area contributed by atoms with Crippen molar-refractivity contribution in [3.05, 3.63) is 51.6 Å². The molecule has 0 atom stereocenters. The number of phenolic OH excluding ortho intramolecular Hbond substituents is 1. The van der Waals surface area contributed by atoms with Crippen LogP contribution >= 0.6 is 0 Å². The number of aromatic hydroxyl groups is 1. The van der Waals surface area contributed by atoms with Crippen LogP contribution in [0.1, 0.15) is 121 Å². The van der Waals surface area contributed by atoms with Crippen molar-refractivity contribution in [3.8, 4) is 16.9 Å². The van der Waals surface area contributed by atoms with Crippen LogP contribution in [0.3, 0.4) is 0 Å². The molecule has 0 saturated carbocycles. The molecule has 0 aromatic heterocycles. The second kappa shape index (κ2) is 8.18. The lowest BCUT2D eigenvalue weighted by Crippen LogP contribution is -2.24. The van der Waals surface area contributed by atoms with Crippen molar-refractivity contribution in [1.82, 2.24) is 0 Å². The number of carboxylic acids is 1. The average molecular weight is 453 g/mol. The highest BCUT2D eigenvalue weighted by molar-refractivity contribution is 5.96. The lowest BCUT2D eigenvalue weighted by Gasteiger charge is -2.34. The third kappa shape index (κ3) is 5.28. The number of rotatable bonds is 2. The molecule has 182 valence electrons. The topological polar surface area (TPSA) is 57.5 Å². The van der Waals surface area contributed by atoms with E-state index < -0.39 is 16.8 Å². The second-order valence-electron chi connectivity index (χ2n) is 13.6. The number of aryl methyl sites for hydroxylation is 1. The van der Waals surface area contributed by atoms with Gasteiger partial charge in [0.2, 0.25) is 0 Å². The Morgan fingerprint density at radius 1 is 0.667 bits per heavy atom. The van der Waals surface area contributed by atoms with Gasteiger partial charge < -0.3 is 10.2 Å². The van der Waals surface area contributed by atoms with E-state index in [0.29, 0.717) is 16.7 Å². The van der Waals surface area contributed by atoms with Crippen molar-refractivity contribution in [3.63, 3.8) is 0 Å². The highest BCUT2D eigenvalue weighted by Gasteiger charge is 2.35. The van der Waals surface area contributed by atoms with Crippen molar-refractivity contribution in [2.45, 2.75) is 112 Å². The Balaban J connectivity index is 3.28. The largest absolute Gasteiger partial charge is 0.507 e. The fourth-order valence-electron chi connectivity index (χ4n) is 4.58. The molecule has 0 radical (unpaired) electrons. The van der Waals surface area contributed by atoms with Crippen molar-refractivity contribution in [2.24, 2.45) is 0 Å². The van der Waals surface area contributed by atoms with E-state index in [1.54, 1.807) is 6.07 Å². The van der Waals surface area contributed by atoms with Crippen LogP contribution in [0.25, 0.3) is 11.1 Å². The van der Waals surface area contributed by atoms with Crippen LogP contribution in [0.2, 0.25) is 0 Å². The van der Waals surface area contributed by atoms with Gasteiger partial charge in [0.1, 0.15) is 5.75 Å². The summed E-state index contributed by atoms with van der Waals surface area (Å²) < 4.78 is 0. The van der Waals surface area contributed by atoms with Gasteiger partial charge in [-0.3, -0.25) is 0 Å². The zero-order valence-electron chi connectivity index (χ0n) is 23.0.